The van der Waals surface area contributed by atoms with Gasteiger partial charge in [-0.25, -0.2) is 4.79 Å². The predicted molar refractivity (Wildman–Crippen MR) is 84.2 cm³/mol. The van der Waals surface area contributed by atoms with Gasteiger partial charge in [0.05, 0.1) is 0 Å². The number of rotatable bonds is 4. The number of aliphatic carboxylic acids is 1. The van der Waals surface area contributed by atoms with Crippen LogP contribution in [0, 0.1) is 0 Å². The van der Waals surface area contributed by atoms with Crippen molar-refractivity contribution in [2.24, 2.45) is 0 Å². The maximum absolute atomic E-state index is 12.4. The fourth-order valence-corrected chi connectivity index (χ4v) is 3.04. The van der Waals surface area contributed by atoms with Crippen LogP contribution in [-0.2, 0) is 9.59 Å². The van der Waals surface area contributed by atoms with Crippen molar-refractivity contribution in [1.29, 1.82) is 0 Å². The Morgan fingerprint density at radius 1 is 1.33 bits per heavy atom. The monoisotopic (exact) mass is 353 g/mol. The number of hydrogen-bond donors (Lipinski definition) is 1. The van der Waals surface area contributed by atoms with Crippen molar-refractivity contribution in [1.82, 2.24) is 4.90 Å². The van der Waals surface area contributed by atoms with Crippen LogP contribution in [0.3, 0.4) is 0 Å². The van der Waals surface area contributed by atoms with Crippen LogP contribution in [-0.4, -0.2) is 34.5 Å². The van der Waals surface area contributed by atoms with E-state index in [0.717, 1.165) is 22.9 Å². The molecule has 114 valence electrons. The molecule has 0 spiro atoms. The molecular formula is C16H20BrNO3. The maximum atomic E-state index is 12.4. The Kier molecular flexibility index (Phi) is 5.39. The topological polar surface area (TPSA) is 57.6 Å². The van der Waals surface area contributed by atoms with Crippen molar-refractivity contribution in [3.63, 3.8) is 0 Å². The van der Waals surface area contributed by atoms with Gasteiger partial charge in [0.1, 0.15) is 6.04 Å². The summed E-state index contributed by atoms with van der Waals surface area (Å²) in [6.07, 6.45) is 2.68. The third-order valence-electron chi connectivity index (χ3n) is 4.03. The van der Waals surface area contributed by atoms with Gasteiger partial charge in [-0.15, -0.1) is 0 Å². The Bertz CT molecular complexity index is 515. The number of carbonyl (C=O) groups excluding carboxylic acids is 1. The number of carboxylic acid groups (broad SMARTS) is 1. The van der Waals surface area contributed by atoms with E-state index in [1.165, 1.54) is 0 Å². The summed E-state index contributed by atoms with van der Waals surface area (Å²) >= 11 is 3.39. The van der Waals surface area contributed by atoms with Crippen LogP contribution in [0.15, 0.2) is 28.7 Å². The molecule has 21 heavy (non-hydrogen) atoms. The second kappa shape index (κ2) is 7.07. The number of likely N-dealkylation sites (tertiary alicyclic amines) is 1. The highest BCUT2D eigenvalue weighted by Gasteiger charge is 2.32. The molecule has 0 aliphatic carbocycles. The number of halogens is 1. The molecule has 1 saturated heterocycles. The van der Waals surface area contributed by atoms with Gasteiger partial charge < -0.3 is 10.0 Å². The molecule has 0 aromatic heterocycles. The molecule has 1 heterocycles. The standard InChI is InChI=1S/C16H20BrNO3/c1-11(12-5-7-13(17)8-6-12)10-15(19)18-9-3-2-4-14(18)16(20)21/h5-8,11,14H,2-4,9-10H2,1H3,(H,20,21)/t11?,14-/m1/s1. The normalized spacial score (nSPS) is 20.1. The van der Waals surface area contributed by atoms with Gasteiger partial charge in [-0.2, -0.15) is 0 Å². The van der Waals surface area contributed by atoms with Crippen molar-refractivity contribution >= 4 is 27.8 Å². The highest BCUT2D eigenvalue weighted by Crippen LogP contribution is 2.25. The van der Waals surface area contributed by atoms with E-state index in [0.29, 0.717) is 19.4 Å². The molecule has 1 aromatic carbocycles. The minimum absolute atomic E-state index is 0.0579. The Labute approximate surface area is 133 Å². The molecule has 2 rings (SSSR count). The minimum Gasteiger partial charge on any atom is -0.480 e. The van der Waals surface area contributed by atoms with Gasteiger partial charge in [0.2, 0.25) is 5.91 Å². The third-order valence-corrected chi connectivity index (χ3v) is 4.56. The lowest BCUT2D eigenvalue weighted by Crippen LogP contribution is -2.48. The Balaban J connectivity index is 2.02. The minimum atomic E-state index is -0.889. The highest BCUT2D eigenvalue weighted by molar-refractivity contribution is 9.10. The predicted octanol–water partition coefficient (Wildman–Crippen LogP) is 3.41. The lowest BCUT2D eigenvalue weighted by molar-refractivity contribution is -0.152. The third kappa shape index (κ3) is 4.06. The molecule has 1 unspecified atom stereocenters. The first kappa shape index (κ1) is 16.0. The van der Waals surface area contributed by atoms with E-state index in [1.807, 2.05) is 31.2 Å². The van der Waals surface area contributed by atoms with Gasteiger partial charge in [0.25, 0.3) is 0 Å². The number of carboxylic acids is 1. The van der Waals surface area contributed by atoms with Crippen LogP contribution < -0.4 is 0 Å². The van der Waals surface area contributed by atoms with Gasteiger partial charge in [-0.05, 0) is 42.9 Å². The molecule has 0 bridgehead atoms. The summed E-state index contributed by atoms with van der Waals surface area (Å²) in [5, 5.41) is 9.24. The molecule has 0 radical (unpaired) electrons. The van der Waals surface area contributed by atoms with Crippen molar-refractivity contribution in [2.75, 3.05) is 6.54 Å². The van der Waals surface area contributed by atoms with Gasteiger partial charge in [-0.1, -0.05) is 35.0 Å². The smallest absolute Gasteiger partial charge is 0.326 e. The summed E-state index contributed by atoms with van der Waals surface area (Å²) in [6, 6.07) is 7.25. The number of piperidine rings is 1. The zero-order valence-corrected chi connectivity index (χ0v) is 13.7. The summed E-state index contributed by atoms with van der Waals surface area (Å²) in [7, 11) is 0. The summed E-state index contributed by atoms with van der Waals surface area (Å²) in [5.74, 6) is -0.862. The van der Waals surface area contributed by atoms with Gasteiger partial charge >= 0.3 is 5.97 Å². The summed E-state index contributed by atoms with van der Waals surface area (Å²) in [6.45, 7) is 2.56. The summed E-state index contributed by atoms with van der Waals surface area (Å²) in [4.78, 5) is 25.2. The second-order valence-corrected chi connectivity index (χ2v) is 6.51. The van der Waals surface area contributed by atoms with Crippen LogP contribution >= 0.6 is 15.9 Å². The lowest BCUT2D eigenvalue weighted by Gasteiger charge is -2.33. The van der Waals surface area contributed by atoms with E-state index in [2.05, 4.69) is 15.9 Å². The molecule has 2 atom stereocenters. The fraction of sp³-hybridized carbons (Fsp3) is 0.500. The van der Waals surface area contributed by atoms with E-state index in [1.54, 1.807) is 4.90 Å². The SMILES string of the molecule is CC(CC(=O)N1CCCC[C@@H]1C(=O)O)c1ccc(Br)cc1. The molecule has 1 amide bonds. The molecule has 1 fully saturated rings. The maximum Gasteiger partial charge on any atom is 0.326 e. The second-order valence-electron chi connectivity index (χ2n) is 5.59. The van der Waals surface area contributed by atoms with Crippen LogP contribution in [0.1, 0.15) is 44.1 Å². The van der Waals surface area contributed by atoms with Crippen molar-refractivity contribution < 1.29 is 14.7 Å². The van der Waals surface area contributed by atoms with E-state index >= 15 is 0 Å². The van der Waals surface area contributed by atoms with Gasteiger partial charge in [-0.3, -0.25) is 4.79 Å². The van der Waals surface area contributed by atoms with Gasteiger partial charge in [0, 0.05) is 17.4 Å². The first-order valence-electron chi connectivity index (χ1n) is 7.26. The van der Waals surface area contributed by atoms with Crippen molar-refractivity contribution in [3.8, 4) is 0 Å². The Morgan fingerprint density at radius 3 is 2.62 bits per heavy atom. The van der Waals surface area contributed by atoms with Crippen molar-refractivity contribution in [2.45, 2.75) is 44.6 Å². The van der Waals surface area contributed by atoms with E-state index in [4.69, 9.17) is 0 Å². The first-order chi connectivity index (χ1) is 9.99. The van der Waals surface area contributed by atoms with E-state index in [-0.39, 0.29) is 11.8 Å². The van der Waals surface area contributed by atoms with Crippen LogP contribution in [0.2, 0.25) is 0 Å². The number of carbonyl (C=O) groups is 2. The van der Waals surface area contributed by atoms with Crippen LogP contribution in [0.4, 0.5) is 0 Å². The van der Waals surface area contributed by atoms with Gasteiger partial charge in [0.15, 0.2) is 0 Å². The molecule has 1 aliphatic heterocycles. The summed E-state index contributed by atoms with van der Waals surface area (Å²) < 4.78 is 1.01. The van der Waals surface area contributed by atoms with Crippen LogP contribution in [0.25, 0.3) is 0 Å². The Hall–Kier alpha value is -1.36. The zero-order chi connectivity index (χ0) is 15.4. The zero-order valence-electron chi connectivity index (χ0n) is 12.1. The molecule has 1 aliphatic rings. The fourth-order valence-electron chi connectivity index (χ4n) is 2.78. The van der Waals surface area contributed by atoms with Crippen molar-refractivity contribution in [3.05, 3.63) is 34.3 Å². The number of benzene rings is 1. The number of amides is 1. The molecule has 5 heteroatoms. The average Bonchev–Trinajstić information content (AvgIpc) is 2.47. The van der Waals surface area contributed by atoms with E-state index in [9.17, 15) is 14.7 Å². The number of hydrogen-bond acceptors (Lipinski definition) is 2. The molecule has 1 aromatic rings. The summed E-state index contributed by atoms with van der Waals surface area (Å²) in [5.41, 5.74) is 1.09. The van der Waals surface area contributed by atoms with Crippen LogP contribution in [0.5, 0.6) is 0 Å². The lowest BCUT2D eigenvalue weighted by atomic mass is 9.95. The first-order valence-corrected chi connectivity index (χ1v) is 8.06. The highest BCUT2D eigenvalue weighted by atomic mass is 79.9. The molecule has 0 saturated carbocycles. The quantitative estimate of drug-likeness (QED) is 0.902. The molecular weight excluding hydrogens is 334 g/mol. The molecule has 1 N–H and O–H groups in total. The average molecular weight is 354 g/mol. The Morgan fingerprint density at radius 2 is 2.00 bits per heavy atom. The molecule has 4 nitrogen and oxygen atoms in total. The largest absolute Gasteiger partial charge is 0.480 e. The van der Waals surface area contributed by atoms with E-state index < -0.39 is 12.0 Å². The number of nitrogens with zero attached hydrogens (tertiary/aromatic N) is 1.